The Morgan fingerprint density at radius 1 is 0.833 bits per heavy atom. The first-order valence-electron chi connectivity index (χ1n) is 6.76. The number of rotatable bonds is 5. The highest BCUT2D eigenvalue weighted by Gasteiger charge is 2.25. The van der Waals surface area contributed by atoms with Crippen LogP contribution in [0.5, 0.6) is 0 Å². The van der Waals surface area contributed by atoms with Crippen LogP contribution in [0.1, 0.15) is 35.4 Å². The Hall–Kier alpha value is -1.60. The monoisotopic (exact) mass is 237 g/mol. The molecule has 0 bridgehead atoms. The minimum atomic E-state index is 0.833. The van der Waals surface area contributed by atoms with Gasteiger partial charge in [0, 0.05) is 13.1 Å². The van der Waals surface area contributed by atoms with Crippen molar-refractivity contribution >= 4 is 0 Å². The number of benzene rings is 2. The van der Waals surface area contributed by atoms with Crippen molar-refractivity contribution in [1.82, 2.24) is 5.32 Å². The zero-order valence-corrected chi connectivity index (χ0v) is 10.6. The molecular formula is C17H19N. The van der Waals surface area contributed by atoms with Crippen LogP contribution in [-0.4, -0.2) is 0 Å². The zero-order chi connectivity index (χ0) is 12.2. The number of hydrogen-bond donors (Lipinski definition) is 1. The van der Waals surface area contributed by atoms with Crippen LogP contribution in [0.4, 0.5) is 0 Å². The Morgan fingerprint density at radius 2 is 1.56 bits per heavy atom. The van der Waals surface area contributed by atoms with Gasteiger partial charge in [0.05, 0.1) is 0 Å². The van der Waals surface area contributed by atoms with Gasteiger partial charge in [0.1, 0.15) is 0 Å². The van der Waals surface area contributed by atoms with Crippen LogP contribution >= 0.6 is 0 Å². The summed E-state index contributed by atoms with van der Waals surface area (Å²) in [4.78, 5) is 0. The van der Waals surface area contributed by atoms with Crippen LogP contribution < -0.4 is 5.32 Å². The summed E-state index contributed by atoms with van der Waals surface area (Å²) >= 11 is 0. The molecule has 2 aromatic carbocycles. The van der Waals surface area contributed by atoms with Crippen molar-refractivity contribution in [2.75, 3.05) is 0 Å². The second kappa shape index (κ2) is 5.36. The Morgan fingerprint density at radius 3 is 2.33 bits per heavy atom. The predicted molar refractivity (Wildman–Crippen MR) is 75.4 cm³/mol. The minimum absolute atomic E-state index is 0.833. The van der Waals surface area contributed by atoms with Gasteiger partial charge in [0.15, 0.2) is 0 Å². The molecule has 2 aromatic rings. The average Bonchev–Trinajstić information content (AvgIpc) is 3.25. The molecule has 0 amide bonds. The second-order valence-corrected chi connectivity index (χ2v) is 5.06. The third kappa shape index (κ3) is 2.80. The van der Waals surface area contributed by atoms with Crippen LogP contribution in [0.2, 0.25) is 0 Å². The lowest BCUT2D eigenvalue weighted by molar-refractivity contribution is 0.688. The SMILES string of the molecule is c1ccc(CNCc2ccccc2C2CC2)cc1. The lowest BCUT2D eigenvalue weighted by atomic mass is 10.0. The summed E-state index contributed by atoms with van der Waals surface area (Å²) in [6.07, 6.45) is 2.74. The molecule has 18 heavy (non-hydrogen) atoms. The second-order valence-electron chi connectivity index (χ2n) is 5.06. The Bertz CT molecular complexity index is 500. The van der Waals surface area contributed by atoms with Crippen molar-refractivity contribution in [2.45, 2.75) is 31.8 Å². The van der Waals surface area contributed by atoms with Crippen molar-refractivity contribution in [3.05, 3.63) is 71.3 Å². The molecule has 0 spiro atoms. The van der Waals surface area contributed by atoms with Gasteiger partial charge in [-0.3, -0.25) is 0 Å². The van der Waals surface area contributed by atoms with E-state index in [1.807, 2.05) is 0 Å². The highest BCUT2D eigenvalue weighted by Crippen LogP contribution is 2.41. The van der Waals surface area contributed by atoms with Gasteiger partial charge >= 0.3 is 0 Å². The largest absolute Gasteiger partial charge is 0.309 e. The molecule has 1 aliphatic carbocycles. The molecule has 1 N–H and O–H groups in total. The lowest BCUT2D eigenvalue weighted by Gasteiger charge is -2.10. The summed E-state index contributed by atoms with van der Waals surface area (Å²) in [6.45, 7) is 1.92. The molecule has 0 aromatic heterocycles. The smallest absolute Gasteiger partial charge is 0.0211 e. The summed E-state index contributed by atoms with van der Waals surface area (Å²) in [5.41, 5.74) is 4.37. The third-order valence-corrected chi connectivity index (χ3v) is 3.56. The number of hydrogen-bond acceptors (Lipinski definition) is 1. The van der Waals surface area contributed by atoms with Gasteiger partial charge in [0.2, 0.25) is 0 Å². The quantitative estimate of drug-likeness (QED) is 0.832. The van der Waals surface area contributed by atoms with Crippen molar-refractivity contribution in [3.8, 4) is 0 Å². The molecule has 1 fully saturated rings. The van der Waals surface area contributed by atoms with Gasteiger partial charge in [-0.05, 0) is 35.4 Å². The molecule has 0 saturated heterocycles. The summed E-state index contributed by atoms with van der Waals surface area (Å²) < 4.78 is 0. The van der Waals surface area contributed by atoms with Crippen molar-refractivity contribution in [2.24, 2.45) is 0 Å². The van der Waals surface area contributed by atoms with Gasteiger partial charge in [-0.2, -0.15) is 0 Å². The number of nitrogens with one attached hydrogen (secondary N) is 1. The van der Waals surface area contributed by atoms with Crippen molar-refractivity contribution in [3.63, 3.8) is 0 Å². The average molecular weight is 237 g/mol. The van der Waals surface area contributed by atoms with Crippen molar-refractivity contribution in [1.29, 1.82) is 0 Å². The normalized spacial score (nSPS) is 14.7. The van der Waals surface area contributed by atoms with Gasteiger partial charge < -0.3 is 5.32 Å². The van der Waals surface area contributed by atoms with E-state index < -0.39 is 0 Å². The fraction of sp³-hybridized carbons (Fsp3) is 0.294. The van der Waals surface area contributed by atoms with E-state index in [-0.39, 0.29) is 0 Å². The molecule has 1 nitrogen and oxygen atoms in total. The van der Waals surface area contributed by atoms with Gasteiger partial charge in [-0.15, -0.1) is 0 Å². The van der Waals surface area contributed by atoms with Crippen LogP contribution in [0, 0.1) is 0 Å². The maximum Gasteiger partial charge on any atom is 0.0211 e. The Balaban J connectivity index is 1.60. The fourth-order valence-electron chi connectivity index (χ4n) is 2.43. The topological polar surface area (TPSA) is 12.0 Å². The van der Waals surface area contributed by atoms with E-state index in [2.05, 4.69) is 59.9 Å². The maximum atomic E-state index is 3.54. The first-order valence-corrected chi connectivity index (χ1v) is 6.76. The molecule has 0 radical (unpaired) electrons. The molecular weight excluding hydrogens is 218 g/mol. The lowest BCUT2D eigenvalue weighted by Crippen LogP contribution is -2.13. The van der Waals surface area contributed by atoms with Crippen LogP contribution in [0.25, 0.3) is 0 Å². The van der Waals surface area contributed by atoms with E-state index in [0.29, 0.717) is 0 Å². The highest BCUT2D eigenvalue weighted by molar-refractivity contribution is 5.33. The van der Waals surface area contributed by atoms with Gasteiger partial charge in [-0.1, -0.05) is 54.6 Å². The van der Waals surface area contributed by atoms with Gasteiger partial charge in [-0.25, -0.2) is 0 Å². The highest BCUT2D eigenvalue weighted by atomic mass is 14.8. The third-order valence-electron chi connectivity index (χ3n) is 3.56. The predicted octanol–water partition coefficient (Wildman–Crippen LogP) is 3.85. The summed E-state index contributed by atoms with van der Waals surface area (Å²) in [6, 6.07) is 19.4. The summed E-state index contributed by atoms with van der Waals surface area (Å²) in [5.74, 6) is 0.833. The van der Waals surface area contributed by atoms with E-state index in [9.17, 15) is 0 Å². The van der Waals surface area contributed by atoms with Crippen LogP contribution in [-0.2, 0) is 13.1 Å². The molecule has 1 saturated carbocycles. The summed E-state index contributed by atoms with van der Waals surface area (Å²) in [7, 11) is 0. The molecule has 0 atom stereocenters. The summed E-state index contributed by atoms with van der Waals surface area (Å²) in [5, 5.41) is 3.54. The van der Waals surface area contributed by atoms with Gasteiger partial charge in [0.25, 0.3) is 0 Å². The molecule has 0 heterocycles. The molecule has 0 aliphatic heterocycles. The van der Waals surface area contributed by atoms with Crippen molar-refractivity contribution < 1.29 is 0 Å². The molecule has 92 valence electrons. The molecule has 1 heteroatoms. The maximum absolute atomic E-state index is 3.54. The molecule has 0 unspecified atom stereocenters. The van der Waals surface area contributed by atoms with E-state index in [4.69, 9.17) is 0 Å². The zero-order valence-electron chi connectivity index (χ0n) is 10.6. The fourth-order valence-corrected chi connectivity index (χ4v) is 2.43. The first-order chi connectivity index (χ1) is 8.93. The van der Waals surface area contributed by atoms with Crippen LogP contribution in [0.3, 0.4) is 0 Å². The van der Waals surface area contributed by atoms with E-state index in [0.717, 1.165) is 19.0 Å². The minimum Gasteiger partial charge on any atom is -0.309 e. The first kappa shape index (κ1) is 11.5. The Labute approximate surface area is 109 Å². The molecule has 3 rings (SSSR count). The molecule has 1 aliphatic rings. The van der Waals surface area contributed by atoms with Crippen LogP contribution in [0.15, 0.2) is 54.6 Å². The van der Waals surface area contributed by atoms with E-state index >= 15 is 0 Å². The van der Waals surface area contributed by atoms with E-state index in [1.54, 1.807) is 5.56 Å². The Kier molecular flexibility index (Phi) is 3.42. The standard InChI is InChI=1S/C17H19N/c1-2-6-14(7-3-1)12-18-13-16-8-4-5-9-17(16)15-10-11-15/h1-9,15,18H,10-13H2. The van der Waals surface area contributed by atoms with E-state index in [1.165, 1.54) is 24.0 Å².